The second kappa shape index (κ2) is 10.9. The van der Waals surface area contributed by atoms with Crippen LogP contribution in [0, 0.1) is 20.8 Å². The Kier molecular flexibility index (Phi) is 7.37. The molecule has 0 aromatic heterocycles. The molecule has 1 atom stereocenters. The van der Waals surface area contributed by atoms with Crippen molar-refractivity contribution in [3.63, 3.8) is 0 Å². The Bertz CT molecular complexity index is 1660. The highest BCUT2D eigenvalue weighted by molar-refractivity contribution is 6.51. The van der Waals surface area contributed by atoms with Crippen LogP contribution in [0.1, 0.15) is 39.4 Å². The predicted octanol–water partition coefficient (Wildman–Crippen LogP) is 7.18. The van der Waals surface area contributed by atoms with Crippen LogP contribution in [0.25, 0.3) is 5.76 Å². The van der Waals surface area contributed by atoms with Gasteiger partial charge in [-0.15, -0.1) is 0 Å². The molecule has 0 saturated carbocycles. The number of rotatable bonds is 6. The first kappa shape index (κ1) is 27.0. The predicted molar refractivity (Wildman–Crippen MR) is 156 cm³/mol. The van der Waals surface area contributed by atoms with E-state index < -0.39 is 17.7 Å². The number of aromatic hydroxyl groups is 1. The zero-order chi connectivity index (χ0) is 28.6. The zero-order valence-corrected chi connectivity index (χ0v) is 23.1. The maximum Gasteiger partial charge on any atom is 0.300 e. The van der Waals surface area contributed by atoms with Gasteiger partial charge in [0.05, 0.1) is 16.6 Å². The largest absolute Gasteiger partial charge is 0.507 e. The van der Waals surface area contributed by atoms with Gasteiger partial charge in [0.1, 0.15) is 23.9 Å². The van der Waals surface area contributed by atoms with Gasteiger partial charge in [-0.05, 0) is 91.1 Å². The standard InChI is InChI=1S/C33H28ClNO5/c1-19-9-12-25(16-20(19)2)35-30(23-10-13-27(36)26(34)17-23)29(32(38)33(35)39)31(37)24-11-14-28(21(3)15-24)40-18-22-7-5-4-6-8-22/h4-17,30,36-37H,18H2,1-3H3/b31-29+. The van der Waals surface area contributed by atoms with Crippen molar-refractivity contribution in [1.82, 2.24) is 0 Å². The molecule has 1 unspecified atom stereocenters. The third kappa shape index (κ3) is 5.06. The van der Waals surface area contributed by atoms with Gasteiger partial charge in [0.2, 0.25) is 0 Å². The number of phenols is 1. The van der Waals surface area contributed by atoms with E-state index in [1.165, 1.54) is 17.0 Å². The summed E-state index contributed by atoms with van der Waals surface area (Å²) in [6.45, 7) is 6.11. The zero-order valence-electron chi connectivity index (χ0n) is 22.3. The number of hydrogen-bond acceptors (Lipinski definition) is 5. The Labute approximate surface area is 237 Å². The number of halogens is 1. The van der Waals surface area contributed by atoms with Crippen LogP contribution in [0.2, 0.25) is 5.02 Å². The van der Waals surface area contributed by atoms with E-state index >= 15 is 0 Å². The van der Waals surface area contributed by atoms with E-state index in [1.54, 1.807) is 30.3 Å². The highest BCUT2D eigenvalue weighted by Crippen LogP contribution is 2.44. The summed E-state index contributed by atoms with van der Waals surface area (Å²) in [6.07, 6.45) is 0. The first-order valence-corrected chi connectivity index (χ1v) is 13.2. The number of hydrogen-bond donors (Lipinski definition) is 2. The molecule has 1 fully saturated rings. The summed E-state index contributed by atoms with van der Waals surface area (Å²) in [5.41, 5.74) is 5.05. The highest BCUT2D eigenvalue weighted by atomic mass is 35.5. The number of aliphatic hydroxyl groups excluding tert-OH is 1. The minimum atomic E-state index is -0.963. The molecule has 0 bridgehead atoms. The normalized spacial score (nSPS) is 16.4. The van der Waals surface area contributed by atoms with Crippen molar-refractivity contribution in [3.05, 3.63) is 129 Å². The summed E-state index contributed by atoms with van der Waals surface area (Å²) in [5.74, 6) is -1.38. The Balaban J connectivity index is 1.59. The lowest BCUT2D eigenvalue weighted by molar-refractivity contribution is -0.132. The molecular formula is C33H28ClNO5. The Morgan fingerprint density at radius 1 is 0.875 bits per heavy atom. The van der Waals surface area contributed by atoms with Crippen molar-refractivity contribution < 1.29 is 24.5 Å². The number of Topliss-reactive ketones (excluding diaryl/α,β-unsaturated/α-hetero) is 1. The van der Waals surface area contributed by atoms with Crippen LogP contribution in [-0.4, -0.2) is 21.9 Å². The van der Waals surface area contributed by atoms with Crippen LogP contribution in [-0.2, 0) is 16.2 Å². The van der Waals surface area contributed by atoms with Gasteiger partial charge < -0.3 is 14.9 Å². The van der Waals surface area contributed by atoms with Crippen LogP contribution in [0.15, 0.2) is 90.5 Å². The first-order valence-electron chi connectivity index (χ1n) is 12.8. The van der Waals surface area contributed by atoms with E-state index in [-0.39, 0.29) is 22.1 Å². The Morgan fingerprint density at radius 2 is 1.62 bits per heavy atom. The number of carbonyl (C=O) groups is 2. The van der Waals surface area contributed by atoms with Crippen LogP contribution in [0.5, 0.6) is 11.5 Å². The number of ether oxygens (including phenoxy) is 1. The average molecular weight is 554 g/mol. The minimum Gasteiger partial charge on any atom is -0.507 e. The molecule has 4 aromatic rings. The van der Waals surface area contributed by atoms with Crippen LogP contribution in [0.4, 0.5) is 5.69 Å². The second-order valence-corrected chi connectivity index (χ2v) is 10.3. The lowest BCUT2D eigenvalue weighted by Gasteiger charge is -2.26. The molecule has 40 heavy (non-hydrogen) atoms. The van der Waals surface area contributed by atoms with Crippen molar-refractivity contribution in [2.24, 2.45) is 0 Å². The number of phenolic OH excluding ortho intramolecular Hbond substituents is 1. The number of aryl methyl sites for hydroxylation is 3. The molecule has 0 aliphatic carbocycles. The van der Waals surface area contributed by atoms with E-state index in [9.17, 15) is 19.8 Å². The van der Waals surface area contributed by atoms with Gasteiger partial charge in [-0.25, -0.2) is 0 Å². The molecule has 7 heteroatoms. The molecule has 6 nitrogen and oxygen atoms in total. The molecule has 1 saturated heterocycles. The van der Waals surface area contributed by atoms with E-state index in [1.807, 2.05) is 63.2 Å². The van der Waals surface area contributed by atoms with Crippen LogP contribution in [0.3, 0.4) is 0 Å². The summed E-state index contributed by atoms with van der Waals surface area (Å²) >= 11 is 6.23. The van der Waals surface area contributed by atoms with E-state index in [0.29, 0.717) is 29.2 Å². The molecule has 1 aliphatic rings. The number of benzene rings is 4. The van der Waals surface area contributed by atoms with Crippen molar-refractivity contribution >= 4 is 34.7 Å². The summed E-state index contributed by atoms with van der Waals surface area (Å²) in [7, 11) is 0. The van der Waals surface area contributed by atoms with Crippen molar-refractivity contribution in [2.75, 3.05) is 4.90 Å². The number of aliphatic hydroxyl groups is 1. The first-order chi connectivity index (χ1) is 19.2. The number of nitrogens with zero attached hydrogens (tertiary/aromatic N) is 1. The van der Waals surface area contributed by atoms with Crippen LogP contribution < -0.4 is 9.64 Å². The quantitative estimate of drug-likeness (QED) is 0.150. The van der Waals surface area contributed by atoms with Gasteiger partial charge in [-0.2, -0.15) is 0 Å². The monoisotopic (exact) mass is 553 g/mol. The maximum absolute atomic E-state index is 13.5. The number of amides is 1. The number of ketones is 1. The second-order valence-electron chi connectivity index (χ2n) is 9.90. The Morgan fingerprint density at radius 3 is 2.30 bits per heavy atom. The van der Waals surface area contributed by atoms with Gasteiger partial charge in [0.25, 0.3) is 11.7 Å². The topological polar surface area (TPSA) is 87.1 Å². The fourth-order valence-corrected chi connectivity index (χ4v) is 5.02. The minimum absolute atomic E-state index is 0.0673. The van der Waals surface area contributed by atoms with Crippen LogP contribution >= 0.6 is 11.6 Å². The van der Waals surface area contributed by atoms with Crippen molar-refractivity contribution in [3.8, 4) is 11.5 Å². The molecular weight excluding hydrogens is 526 g/mol. The van der Waals surface area contributed by atoms with Crippen molar-refractivity contribution in [1.29, 1.82) is 0 Å². The maximum atomic E-state index is 13.5. The molecule has 202 valence electrons. The van der Waals surface area contributed by atoms with Gasteiger partial charge in [0.15, 0.2) is 0 Å². The smallest absolute Gasteiger partial charge is 0.300 e. The lowest BCUT2D eigenvalue weighted by atomic mass is 9.94. The van der Waals surface area contributed by atoms with E-state index in [4.69, 9.17) is 16.3 Å². The molecule has 0 spiro atoms. The highest BCUT2D eigenvalue weighted by Gasteiger charge is 2.47. The van der Waals surface area contributed by atoms with E-state index in [2.05, 4.69) is 0 Å². The van der Waals surface area contributed by atoms with Gasteiger partial charge in [-0.1, -0.05) is 54.1 Å². The molecule has 1 amide bonds. The average Bonchev–Trinajstić information content (AvgIpc) is 3.21. The number of carbonyl (C=O) groups excluding carboxylic acids is 2. The molecule has 5 rings (SSSR count). The third-order valence-electron chi connectivity index (χ3n) is 7.19. The third-order valence-corrected chi connectivity index (χ3v) is 7.49. The molecule has 4 aromatic carbocycles. The van der Waals surface area contributed by atoms with Crippen molar-refractivity contribution in [2.45, 2.75) is 33.4 Å². The summed E-state index contributed by atoms with van der Waals surface area (Å²) in [4.78, 5) is 28.3. The summed E-state index contributed by atoms with van der Waals surface area (Å²) in [6, 6.07) is 23.9. The van der Waals surface area contributed by atoms with Gasteiger partial charge in [-0.3, -0.25) is 14.5 Å². The Hall–Kier alpha value is -4.55. The lowest BCUT2D eigenvalue weighted by Crippen LogP contribution is -2.29. The molecule has 1 heterocycles. The molecule has 2 N–H and O–H groups in total. The summed E-state index contributed by atoms with van der Waals surface area (Å²) in [5, 5.41) is 21.6. The fourth-order valence-electron chi connectivity index (χ4n) is 4.83. The molecule has 0 radical (unpaired) electrons. The van der Waals surface area contributed by atoms with Gasteiger partial charge >= 0.3 is 0 Å². The summed E-state index contributed by atoms with van der Waals surface area (Å²) < 4.78 is 5.97. The SMILES string of the molecule is Cc1ccc(N2C(=O)C(=O)/C(=C(/O)c3ccc(OCc4ccccc4)c(C)c3)C2c2ccc(O)c(Cl)c2)cc1C. The van der Waals surface area contributed by atoms with Gasteiger partial charge in [0, 0.05) is 11.3 Å². The fraction of sp³-hybridized carbons (Fsp3) is 0.152. The van der Waals surface area contributed by atoms with E-state index in [0.717, 1.165) is 22.3 Å². The molecule has 1 aliphatic heterocycles. The number of anilines is 1.